The number of rotatable bonds is 6. The van der Waals surface area contributed by atoms with E-state index in [0.717, 1.165) is 24.2 Å². The van der Waals surface area contributed by atoms with Gasteiger partial charge in [-0.2, -0.15) is 0 Å². The zero-order chi connectivity index (χ0) is 14.2. The first kappa shape index (κ1) is 16.0. The van der Waals surface area contributed by atoms with E-state index in [1.807, 2.05) is 0 Å². The van der Waals surface area contributed by atoms with Crippen molar-refractivity contribution in [2.24, 2.45) is 23.7 Å². The smallest absolute Gasteiger partial charge is 0.0897 e. The van der Waals surface area contributed by atoms with Gasteiger partial charge in [0.25, 0.3) is 0 Å². The Morgan fingerprint density at radius 1 is 0.800 bits per heavy atom. The summed E-state index contributed by atoms with van der Waals surface area (Å²) in [5.74, 6) is 3.67. The molecule has 2 aliphatic carbocycles. The molecular weight excluding hydrogens is 247 g/mol. The molecule has 0 aromatic rings. The van der Waals surface area contributed by atoms with Crippen molar-refractivity contribution >= 4 is 0 Å². The molecule has 0 N–H and O–H groups in total. The van der Waals surface area contributed by atoms with E-state index < -0.39 is 0 Å². The van der Waals surface area contributed by atoms with Crippen LogP contribution in [0.3, 0.4) is 0 Å². The van der Waals surface area contributed by atoms with Crippen LogP contribution < -0.4 is 0 Å². The Kier molecular flexibility index (Phi) is 7.10. The van der Waals surface area contributed by atoms with E-state index in [2.05, 4.69) is 19.1 Å². The highest BCUT2D eigenvalue weighted by Crippen LogP contribution is 2.42. The molecule has 0 amide bonds. The topological polar surface area (TPSA) is 0 Å². The van der Waals surface area contributed by atoms with Gasteiger partial charge in [-0.25, -0.2) is 0 Å². The maximum atomic E-state index is 12.4. The summed E-state index contributed by atoms with van der Waals surface area (Å²) in [6.07, 6.45) is 19.3. The number of alkyl halides is 1. The molecule has 2 saturated carbocycles. The highest BCUT2D eigenvalue weighted by atomic mass is 19.1. The van der Waals surface area contributed by atoms with Gasteiger partial charge in [0.05, 0.1) is 6.67 Å². The Bertz CT molecular complexity index is 267. The Balaban J connectivity index is 1.64. The number of hydrogen-bond acceptors (Lipinski definition) is 0. The van der Waals surface area contributed by atoms with Crippen LogP contribution in [0.25, 0.3) is 0 Å². The van der Waals surface area contributed by atoms with E-state index >= 15 is 0 Å². The Morgan fingerprint density at radius 3 is 1.75 bits per heavy atom. The van der Waals surface area contributed by atoms with Crippen molar-refractivity contribution in [3.05, 3.63) is 12.2 Å². The monoisotopic (exact) mass is 280 g/mol. The molecule has 20 heavy (non-hydrogen) atoms. The largest absolute Gasteiger partial charge is 0.251 e. The fourth-order valence-corrected chi connectivity index (χ4v) is 4.55. The highest BCUT2D eigenvalue weighted by Gasteiger charge is 2.30. The van der Waals surface area contributed by atoms with Crippen LogP contribution in [0.1, 0.15) is 77.6 Å². The summed E-state index contributed by atoms with van der Waals surface area (Å²) in [7, 11) is 0. The molecule has 0 atom stereocenters. The lowest BCUT2D eigenvalue weighted by atomic mass is 9.68. The normalized spacial score (nSPS) is 35.5. The first-order chi connectivity index (χ1) is 9.83. The second kappa shape index (κ2) is 8.85. The zero-order valence-electron chi connectivity index (χ0n) is 13.3. The average Bonchev–Trinajstić information content (AvgIpc) is 2.49. The van der Waals surface area contributed by atoms with Crippen molar-refractivity contribution in [3.8, 4) is 0 Å². The summed E-state index contributed by atoms with van der Waals surface area (Å²) in [6.45, 7) is 2.02. The molecule has 0 aromatic carbocycles. The van der Waals surface area contributed by atoms with Crippen LogP contribution in [0.5, 0.6) is 0 Å². The van der Waals surface area contributed by atoms with E-state index in [1.54, 1.807) is 0 Å². The minimum atomic E-state index is -0.105. The van der Waals surface area contributed by atoms with Crippen molar-refractivity contribution in [3.63, 3.8) is 0 Å². The van der Waals surface area contributed by atoms with E-state index in [0.29, 0.717) is 5.92 Å². The predicted molar refractivity (Wildman–Crippen MR) is 85.5 cm³/mol. The molecule has 0 aromatic heterocycles. The van der Waals surface area contributed by atoms with Crippen LogP contribution in [0.4, 0.5) is 4.39 Å². The van der Waals surface area contributed by atoms with Gasteiger partial charge in [-0.05, 0) is 75.5 Å². The van der Waals surface area contributed by atoms with Gasteiger partial charge in [-0.3, -0.25) is 4.39 Å². The zero-order valence-corrected chi connectivity index (χ0v) is 13.3. The Morgan fingerprint density at radius 2 is 1.30 bits per heavy atom. The van der Waals surface area contributed by atoms with Crippen molar-refractivity contribution in [2.45, 2.75) is 77.6 Å². The number of halogens is 1. The molecule has 0 radical (unpaired) electrons. The standard InChI is InChI=1S/C19H33F/c1-2-3-4-5-16-6-10-18(11-7-16)19-12-8-17(9-13-19)14-15-20/h2-3,16-19H,4-15H2,1H3/b3-2+. The molecule has 2 aliphatic rings. The van der Waals surface area contributed by atoms with Gasteiger partial charge in [0.1, 0.15) is 0 Å². The summed E-state index contributed by atoms with van der Waals surface area (Å²) < 4.78 is 12.4. The second-order valence-electron chi connectivity index (χ2n) is 7.19. The third-order valence-corrected chi connectivity index (χ3v) is 5.94. The summed E-state index contributed by atoms with van der Waals surface area (Å²) in [5, 5.41) is 0. The lowest BCUT2D eigenvalue weighted by molar-refractivity contribution is 0.139. The lowest BCUT2D eigenvalue weighted by Gasteiger charge is -2.37. The average molecular weight is 280 g/mol. The van der Waals surface area contributed by atoms with Crippen LogP contribution in [-0.2, 0) is 0 Å². The number of allylic oxidation sites excluding steroid dienone is 2. The quantitative estimate of drug-likeness (QED) is 0.500. The van der Waals surface area contributed by atoms with Crippen molar-refractivity contribution < 1.29 is 4.39 Å². The van der Waals surface area contributed by atoms with Crippen molar-refractivity contribution in [2.75, 3.05) is 6.67 Å². The molecule has 0 spiro atoms. The fraction of sp³-hybridized carbons (Fsp3) is 0.895. The molecule has 2 fully saturated rings. The highest BCUT2D eigenvalue weighted by molar-refractivity contribution is 4.84. The summed E-state index contributed by atoms with van der Waals surface area (Å²) in [6, 6.07) is 0. The molecule has 0 aliphatic heterocycles. The van der Waals surface area contributed by atoms with E-state index in [4.69, 9.17) is 0 Å². The van der Waals surface area contributed by atoms with Gasteiger partial charge in [0, 0.05) is 0 Å². The molecule has 116 valence electrons. The summed E-state index contributed by atoms with van der Waals surface area (Å²) in [5.41, 5.74) is 0. The molecule has 0 nitrogen and oxygen atoms in total. The molecule has 2 rings (SSSR count). The van der Waals surface area contributed by atoms with Gasteiger partial charge in [0.15, 0.2) is 0 Å². The van der Waals surface area contributed by atoms with E-state index in [9.17, 15) is 4.39 Å². The SMILES string of the molecule is C/C=C/CCC1CCC(C2CCC(CCF)CC2)CC1. The van der Waals surface area contributed by atoms with Gasteiger partial charge < -0.3 is 0 Å². The second-order valence-corrected chi connectivity index (χ2v) is 7.19. The molecular formula is C19H33F. The summed E-state index contributed by atoms with van der Waals surface area (Å²) in [4.78, 5) is 0. The first-order valence-electron chi connectivity index (χ1n) is 9.00. The van der Waals surface area contributed by atoms with Gasteiger partial charge in [-0.15, -0.1) is 0 Å². The van der Waals surface area contributed by atoms with Gasteiger partial charge in [0.2, 0.25) is 0 Å². The Labute approximate surface area is 125 Å². The third kappa shape index (κ3) is 4.90. The molecule has 0 unspecified atom stereocenters. The van der Waals surface area contributed by atoms with Crippen LogP contribution in [-0.4, -0.2) is 6.67 Å². The van der Waals surface area contributed by atoms with E-state index in [1.165, 1.54) is 64.2 Å². The van der Waals surface area contributed by atoms with Crippen LogP contribution in [0.2, 0.25) is 0 Å². The number of hydrogen-bond donors (Lipinski definition) is 0. The summed E-state index contributed by atoms with van der Waals surface area (Å²) >= 11 is 0. The van der Waals surface area contributed by atoms with Crippen molar-refractivity contribution in [1.82, 2.24) is 0 Å². The van der Waals surface area contributed by atoms with Crippen LogP contribution >= 0.6 is 0 Å². The Hall–Kier alpha value is -0.330. The van der Waals surface area contributed by atoms with Gasteiger partial charge in [-0.1, -0.05) is 37.8 Å². The predicted octanol–water partition coefficient (Wildman–Crippen LogP) is 6.32. The van der Waals surface area contributed by atoms with Crippen LogP contribution in [0, 0.1) is 23.7 Å². The molecule has 0 bridgehead atoms. The fourth-order valence-electron chi connectivity index (χ4n) is 4.55. The first-order valence-corrected chi connectivity index (χ1v) is 9.00. The minimum Gasteiger partial charge on any atom is -0.251 e. The lowest BCUT2D eigenvalue weighted by Crippen LogP contribution is -2.26. The van der Waals surface area contributed by atoms with Crippen LogP contribution in [0.15, 0.2) is 12.2 Å². The maximum absolute atomic E-state index is 12.4. The molecule has 0 saturated heterocycles. The molecule has 1 heteroatoms. The minimum absolute atomic E-state index is 0.105. The van der Waals surface area contributed by atoms with Gasteiger partial charge >= 0.3 is 0 Å². The maximum Gasteiger partial charge on any atom is 0.0897 e. The third-order valence-electron chi connectivity index (χ3n) is 5.94. The molecule has 0 heterocycles. The van der Waals surface area contributed by atoms with Crippen molar-refractivity contribution in [1.29, 1.82) is 0 Å². The van der Waals surface area contributed by atoms with E-state index in [-0.39, 0.29) is 6.67 Å².